The number of carboxylic acid groups (broad SMARTS) is 1. The first kappa shape index (κ1) is 15.4. The molecule has 1 atom stereocenters. The lowest BCUT2D eigenvalue weighted by Crippen LogP contribution is -2.43. The number of ether oxygens (including phenoxy) is 1. The molecule has 8 nitrogen and oxygen atoms in total. The molecule has 0 aliphatic carbocycles. The Balaban J connectivity index is 2.16. The molecule has 2 rings (SSSR count). The van der Waals surface area contributed by atoms with Crippen LogP contribution in [0.3, 0.4) is 0 Å². The maximum atomic E-state index is 12.0. The number of nitrogens with one attached hydrogen (secondary N) is 1. The van der Waals surface area contributed by atoms with Crippen molar-refractivity contribution >= 4 is 31.9 Å². The van der Waals surface area contributed by atoms with E-state index in [0.29, 0.717) is 13.0 Å². The molecule has 1 fully saturated rings. The minimum absolute atomic E-state index is 0.0441. The number of hydrogen-bond donors (Lipinski definition) is 3. The molecule has 1 aliphatic heterocycles. The topological polar surface area (TPSA) is 126 Å². The SMILES string of the molecule is O=C(O)c1cc(S(=O)(=O)NCC2(O)CCOC2)c(Br)o1. The summed E-state index contributed by atoms with van der Waals surface area (Å²) in [6.45, 7) is 0.175. The quantitative estimate of drug-likeness (QED) is 0.675. The van der Waals surface area contributed by atoms with E-state index < -0.39 is 27.4 Å². The average Bonchev–Trinajstić information content (AvgIpc) is 2.94. The van der Waals surface area contributed by atoms with Crippen LogP contribution >= 0.6 is 15.9 Å². The summed E-state index contributed by atoms with van der Waals surface area (Å²) >= 11 is 2.85. The van der Waals surface area contributed by atoms with Gasteiger partial charge in [-0.05, 0) is 15.9 Å². The van der Waals surface area contributed by atoms with Gasteiger partial charge >= 0.3 is 5.97 Å². The van der Waals surface area contributed by atoms with Crippen molar-refractivity contribution in [1.29, 1.82) is 0 Å². The van der Waals surface area contributed by atoms with E-state index in [2.05, 4.69) is 20.7 Å². The molecule has 112 valence electrons. The van der Waals surface area contributed by atoms with Gasteiger partial charge in [-0.1, -0.05) is 0 Å². The second-order valence-electron chi connectivity index (χ2n) is 4.41. The normalized spacial score (nSPS) is 23.1. The molecule has 0 radical (unpaired) electrons. The van der Waals surface area contributed by atoms with E-state index in [4.69, 9.17) is 14.3 Å². The zero-order valence-electron chi connectivity index (χ0n) is 10.1. The molecule has 0 bridgehead atoms. The fourth-order valence-corrected chi connectivity index (χ4v) is 3.74. The standard InChI is InChI=1S/C10H12BrNO7S/c11-8-7(3-6(19-8)9(13)14)20(16,17)12-4-10(15)1-2-18-5-10/h3,12,15H,1-2,4-5H2,(H,13,14). The number of carboxylic acids is 1. The molecule has 3 N–H and O–H groups in total. The number of aromatic carboxylic acids is 1. The first-order valence-electron chi connectivity index (χ1n) is 5.56. The lowest BCUT2D eigenvalue weighted by atomic mass is 10.1. The largest absolute Gasteiger partial charge is 0.475 e. The number of furan rings is 1. The highest BCUT2D eigenvalue weighted by molar-refractivity contribution is 9.10. The van der Waals surface area contributed by atoms with Crippen molar-refractivity contribution < 1.29 is 32.6 Å². The third-order valence-electron chi connectivity index (χ3n) is 2.83. The summed E-state index contributed by atoms with van der Waals surface area (Å²) < 4.78 is 35.9. The van der Waals surface area contributed by atoms with E-state index in [1.807, 2.05) is 0 Å². The predicted octanol–water partition coefficient (Wildman–Crippen LogP) is 0.170. The molecule has 20 heavy (non-hydrogen) atoms. The Morgan fingerprint density at radius 1 is 1.55 bits per heavy atom. The van der Waals surface area contributed by atoms with E-state index in [1.165, 1.54) is 0 Å². The fraction of sp³-hybridized carbons (Fsp3) is 0.500. The van der Waals surface area contributed by atoms with Gasteiger partial charge in [0.05, 0.1) is 6.61 Å². The van der Waals surface area contributed by atoms with Crippen LogP contribution < -0.4 is 4.72 Å². The van der Waals surface area contributed by atoms with Crippen molar-refractivity contribution in [2.24, 2.45) is 0 Å². The van der Waals surface area contributed by atoms with Gasteiger partial charge in [0, 0.05) is 25.6 Å². The summed E-state index contributed by atoms with van der Waals surface area (Å²) in [7, 11) is -4.00. The molecule has 10 heteroatoms. The molecule has 0 saturated carbocycles. The van der Waals surface area contributed by atoms with Crippen molar-refractivity contribution in [3.05, 3.63) is 16.5 Å². The molecular weight excluding hydrogens is 358 g/mol. The lowest BCUT2D eigenvalue weighted by Gasteiger charge is -2.20. The Morgan fingerprint density at radius 3 is 2.75 bits per heavy atom. The zero-order chi connectivity index (χ0) is 15.0. The van der Waals surface area contributed by atoms with Crippen LogP contribution in [0.25, 0.3) is 0 Å². The molecule has 1 aromatic rings. The summed E-state index contributed by atoms with van der Waals surface area (Å²) in [6.07, 6.45) is 0.322. The highest BCUT2D eigenvalue weighted by Gasteiger charge is 2.34. The van der Waals surface area contributed by atoms with E-state index >= 15 is 0 Å². The Kier molecular flexibility index (Phi) is 4.21. The third kappa shape index (κ3) is 3.20. The molecule has 1 aromatic heterocycles. The van der Waals surface area contributed by atoms with E-state index in [1.54, 1.807) is 0 Å². The maximum absolute atomic E-state index is 12.0. The Hall–Kier alpha value is -0.940. The molecule has 0 aromatic carbocycles. The van der Waals surface area contributed by atoms with Gasteiger partial charge in [-0.15, -0.1) is 0 Å². The molecule has 2 heterocycles. The van der Waals surface area contributed by atoms with Crippen molar-refractivity contribution in [3.63, 3.8) is 0 Å². The second-order valence-corrected chi connectivity index (χ2v) is 6.86. The number of aliphatic hydroxyl groups is 1. The Labute approximate surface area is 122 Å². The summed E-state index contributed by atoms with van der Waals surface area (Å²) in [5, 5.41) is 18.7. The number of rotatable bonds is 5. The molecule has 1 saturated heterocycles. The highest BCUT2D eigenvalue weighted by Crippen LogP contribution is 2.26. The van der Waals surface area contributed by atoms with Crippen molar-refractivity contribution in [1.82, 2.24) is 4.72 Å². The van der Waals surface area contributed by atoms with E-state index in [-0.39, 0.29) is 22.7 Å². The van der Waals surface area contributed by atoms with Gasteiger partial charge < -0.3 is 19.4 Å². The van der Waals surface area contributed by atoms with Gasteiger partial charge in [0.1, 0.15) is 10.5 Å². The molecule has 1 unspecified atom stereocenters. The predicted molar refractivity (Wildman–Crippen MR) is 68.9 cm³/mol. The highest BCUT2D eigenvalue weighted by atomic mass is 79.9. The summed E-state index contributed by atoms with van der Waals surface area (Å²) in [5.74, 6) is -1.88. The molecule has 0 amide bonds. The van der Waals surface area contributed by atoms with Gasteiger partial charge in [0.2, 0.25) is 15.8 Å². The third-order valence-corrected chi connectivity index (χ3v) is 5.09. The van der Waals surface area contributed by atoms with Crippen LogP contribution in [-0.4, -0.2) is 50.0 Å². The van der Waals surface area contributed by atoms with Crippen LogP contribution in [0.5, 0.6) is 0 Å². The molecule has 1 aliphatic rings. The summed E-state index contributed by atoms with van der Waals surface area (Å²) in [5.41, 5.74) is -1.25. The average molecular weight is 370 g/mol. The second kappa shape index (κ2) is 5.45. The first-order valence-corrected chi connectivity index (χ1v) is 7.84. The Morgan fingerprint density at radius 2 is 2.25 bits per heavy atom. The van der Waals surface area contributed by atoms with Crippen molar-refractivity contribution in [2.75, 3.05) is 19.8 Å². The van der Waals surface area contributed by atoms with Gasteiger partial charge in [-0.3, -0.25) is 0 Å². The maximum Gasteiger partial charge on any atom is 0.371 e. The van der Waals surface area contributed by atoms with Gasteiger partial charge in [-0.2, -0.15) is 0 Å². The van der Waals surface area contributed by atoms with Crippen LogP contribution in [0.1, 0.15) is 17.0 Å². The number of carbonyl (C=O) groups is 1. The monoisotopic (exact) mass is 369 g/mol. The minimum Gasteiger partial charge on any atom is -0.475 e. The number of sulfonamides is 1. The van der Waals surface area contributed by atoms with Crippen LogP contribution in [-0.2, 0) is 14.8 Å². The fourth-order valence-electron chi connectivity index (χ4n) is 1.68. The van der Waals surface area contributed by atoms with Gasteiger partial charge in [0.25, 0.3) is 0 Å². The smallest absolute Gasteiger partial charge is 0.371 e. The van der Waals surface area contributed by atoms with Gasteiger partial charge in [-0.25, -0.2) is 17.9 Å². The van der Waals surface area contributed by atoms with E-state index in [0.717, 1.165) is 6.07 Å². The zero-order valence-corrected chi connectivity index (χ0v) is 12.5. The van der Waals surface area contributed by atoms with E-state index in [9.17, 15) is 18.3 Å². The van der Waals surface area contributed by atoms with Gasteiger partial charge in [0.15, 0.2) is 4.67 Å². The van der Waals surface area contributed by atoms with Crippen LogP contribution in [0, 0.1) is 0 Å². The first-order chi connectivity index (χ1) is 9.23. The summed E-state index contributed by atoms with van der Waals surface area (Å²) in [4.78, 5) is 10.4. The number of halogens is 1. The van der Waals surface area contributed by atoms with Crippen molar-refractivity contribution in [2.45, 2.75) is 16.9 Å². The molecule has 0 spiro atoms. The molecular formula is C10H12BrNO7S. The van der Waals surface area contributed by atoms with Crippen LogP contribution in [0.15, 0.2) is 20.0 Å². The van der Waals surface area contributed by atoms with Crippen LogP contribution in [0.4, 0.5) is 0 Å². The van der Waals surface area contributed by atoms with Crippen LogP contribution in [0.2, 0.25) is 0 Å². The lowest BCUT2D eigenvalue weighted by molar-refractivity contribution is 0.0314. The van der Waals surface area contributed by atoms with Crippen molar-refractivity contribution in [3.8, 4) is 0 Å². The summed E-state index contributed by atoms with van der Waals surface area (Å²) in [6, 6.07) is 0.893. The minimum atomic E-state index is -4.00. The number of hydrogen-bond acceptors (Lipinski definition) is 6. The Bertz CT molecular complexity index is 618.